The molecule has 5 heteroatoms. The van der Waals surface area contributed by atoms with Crippen LogP contribution in [0.5, 0.6) is 0 Å². The van der Waals surface area contributed by atoms with Gasteiger partial charge in [0.15, 0.2) is 0 Å². The first-order chi connectivity index (χ1) is 10.1. The van der Waals surface area contributed by atoms with Crippen molar-refractivity contribution >= 4 is 23.7 Å². The van der Waals surface area contributed by atoms with Crippen LogP contribution in [-0.2, 0) is 6.54 Å². The van der Waals surface area contributed by atoms with Crippen molar-refractivity contribution < 1.29 is 9.18 Å². The molecule has 3 nitrogen and oxygen atoms in total. The van der Waals surface area contributed by atoms with Crippen molar-refractivity contribution in [2.45, 2.75) is 6.54 Å². The number of carbonyl (C=O) groups is 1. The summed E-state index contributed by atoms with van der Waals surface area (Å²) in [6.45, 7) is 0.410. The Kier molecular flexibility index (Phi) is 5.35. The van der Waals surface area contributed by atoms with Gasteiger partial charge in [-0.15, -0.1) is 0 Å². The smallest absolute Gasteiger partial charge is 0.319 e. The number of nitrogens with one attached hydrogen (secondary N) is 2. The van der Waals surface area contributed by atoms with E-state index in [0.29, 0.717) is 11.6 Å². The van der Waals surface area contributed by atoms with Crippen molar-refractivity contribution in [1.29, 1.82) is 0 Å². The maximum absolute atomic E-state index is 12.7. The van der Waals surface area contributed by atoms with Gasteiger partial charge in [-0.3, -0.25) is 0 Å². The lowest BCUT2D eigenvalue weighted by Gasteiger charge is -2.04. The van der Waals surface area contributed by atoms with Crippen molar-refractivity contribution in [2.75, 3.05) is 0 Å². The van der Waals surface area contributed by atoms with Crippen molar-refractivity contribution in [3.05, 3.63) is 76.7 Å². The van der Waals surface area contributed by atoms with E-state index in [1.165, 1.54) is 18.3 Å². The molecule has 0 spiro atoms. The molecule has 0 bridgehead atoms. The van der Waals surface area contributed by atoms with Crippen molar-refractivity contribution in [3.8, 4) is 0 Å². The third-order valence-corrected chi connectivity index (χ3v) is 2.98. The standard InChI is InChI=1S/C16H14ClFN2O/c17-14-5-1-13(2-6-14)11-20-16(21)19-10-9-12-3-7-15(18)8-4-12/h1-10H,11H2,(H2,19,20,21)/b10-9+. The molecule has 0 fully saturated rings. The van der Waals surface area contributed by atoms with E-state index < -0.39 is 0 Å². The summed E-state index contributed by atoms with van der Waals surface area (Å²) in [6, 6.07) is 12.9. The van der Waals surface area contributed by atoms with Crippen molar-refractivity contribution in [2.24, 2.45) is 0 Å². The summed E-state index contributed by atoms with van der Waals surface area (Å²) < 4.78 is 12.7. The predicted molar refractivity (Wildman–Crippen MR) is 82.3 cm³/mol. The third kappa shape index (κ3) is 5.28. The van der Waals surface area contributed by atoms with Crippen LogP contribution in [0.15, 0.2) is 54.7 Å². The molecule has 2 amide bonds. The highest BCUT2D eigenvalue weighted by Crippen LogP contribution is 2.09. The first-order valence-corrected chi connectivity index (χ1v) is 6.72. The van der Waals surface area contributed by atoms with Gasteiger partial charge in [0.2, 0.25) is 0 Å². The summed E-state index contributed by atoms with van der Waals surface area (Å²) in [5.41, 5.74) is 1.76. The molecule has 0 radical (unpaired) electrons. The van der Waals surface area contributed by atoms with Gasteiger partial charge in [0.05, 0.1) is 0 Å². The zero-order chi connectivity index (χ0) is 15.1. The van der Waals surface area contributed by atoms with Crippen LogP contribution in [0.3, 0.4) is 0 Å². The second-order valence-corrected chi connectivity index (χ2v) is 4.77. The van der Waals surface area contributed by atoms with E-state index in [1.54, 1.807) is 30.3 Å². The summed E-state index contributed by atoms with van der Waals surface area (Å²) in [4.78, 5) is 11.6. The Morgan fingerprint density at radius 3 is 2.43 bits per heavy atom. The lowest BCUT2D eigenvalue weighted by Crippen LogP contribution is -2.31. The molecule has 2 N–H and O–H groups in total. The van der Waals surface area contributed by atoms with Gasteiger partial charge >= 0.3 is 6.03 Å². The van der Waals surface area contributed by atoms with E-state index in [2.05, 4.69) is 10.6 Å². The van der Waals surface area contributed by atoms with E-state index >= 15 is 0 Å². The van der Waals surface area contributed by atoms with E-state index in [4.69, 9.17) is 11.6 Å². The minimum absolute atomic E-state index is 0.291. The quantitative estimate of drug-likeness (QED) is 0.882. The molecular weight excluding hydrogens is 291 g/mol. The highest BCUT2D eigenvalue weighted by atomic mass is 35.5. The number of carbonyl (C=O) groups excluding carboxylic acids is 1. The summed E-state index contributed by atoms with van der Waals surface area (Å²) in [5.74, 6) is -0.291. The van der Waals surface area contributed by atoms with E-state index in [1.807, 2.05) is 12.1 Å². The molecule has 0 aliphatic rings. The van der Waals surface area contributed by atoms with Crippen LogP contribution in [0.1, 0.15) is 11.1 Å². The molecule has 2 aromatic rings. The minimum Gasteiger partial charge on any atom is -0.334 e. The Bertz CT molecular complexity index is 624. The Hall–Kier alpha value is -2.33. The average Bonchev–Trinajstić information content (AvgIpc) is 2.49. The van der Waals surface area contributed by atoms with Crippen LogP contribution in [0.25, 0.3) is 6.08 Å². The normalized spacial score (nSPS) is 10.6. The van der Waals surface area contributed by atoms with Gasteiger partial charge in [0.25, 0.3) is 0 Å². The molecule has 0 aliphatic carbocycles. The van der Waals surface area contributed by atoms with Crippen LogP contribution in [0.4, 0.5) is 9.18 Å². The van der Waals surface area contributed by atoms with Gasteiger partial charge in [0.1, 0.15) is 5.82 Å². The number of rotatable bonds is 4. The second kappa shape index (κ2) is 7.45. The molecule has 21 heavy (non-hydrogen) atoms. The predicted octanol–water partition coefficient (Wildman–Crippen LogP) is 3.95. The summed E-state index contributed by atoms with van der Waals surface area (Å²) in [7, 11) is 0. The van der Waals surface area contributed by atoms with Gasteiger partial charge in [-0.2, -0.15) is 0 Å². The lowest BCUT2D eigenvalue weighted by atomic mass is 10.2. The molecule has 108 valence electrons. The van der Waals surface area contributed by atoms with Crippen LogP contribution in [0, 0.1) is 5.82 Å². The average molecular weight is 305 g/mol. The second-order valence-electron chi connectivity index (χ2n) is 4.34. The fourth-order valence-electron chi connectivity index (χ4n) is 1.62. The van der Waals surface area contributed by atoms with E-state index in [0.717, 1.165) is 11.1 Å². The number of halogens is 2. The third-order valence-electron chi connectivity index (χ3n) is 2.73. The fraction of sp³-hybridized carbons (Fsp3) is 0.0625. The first kappa shape index (κ1) is 15.1. The highest BCUT2D eigenvalue weighted by molar-refractivity contribution is 6.30. The molecule has 0 aliphatic heterocycles. The Labute approximate surface area is 127 Å². The van der Waals surface area contributed by atoms with Crippen LogP contribution < -0.4 is 10.6 Å². The molecule has 2 aromatic carbocycles. The summed E-state index contributed by atoms with van der Waals surface area (Å²) in [5, 5.41) is 5.94. The van der Waals surface area contributed by atoms with Gasteiger partial charge in [-0.25, -0.2) is 9.18 Å². The van der Waals surface area contributed by atoms with Gasteiger partial charge in [0, 0.05) is 17.8 Å². The molecule has 0 atom stereocenters. The SMILES string of the molecule is O=C(N/C=C/c1ccc(F)cc1)NCc1ccc(Cl)cc1. The Balaban J connectivity index is 1.77. The van der Waals surface area contributed by atoms with Crippen molar-refractivity contribution in [3.63, 3.8) is 0 Å². The minimum atomic E-state index is -0.316. The van der Waals surface area contributed by atoms with E-state index in [9.17, 15) is 9.18 Å². The lowest BCUT2D eigenvalue weighted by molar-refractivity contribution is 0.244. The van der Waals surface area contributed by atoms with Crippen LogP contribution >= 0.6 is 11.6 Å². The Morgan fingerprint density at radius 2 is 1.76 bits per heavy atom. The molecule has 0 saturated carbocycles. The van der Waals surface area contributed by atoms with Gasteiger partial charge in [-0.1, -0.05) is 35.9 Å². The van der Waals surface area contributed by atoms with Crippen LogP contribution in [-0.4, -0.2) is 6.03 Å². The zero-order valence-electron chi connectivity index (χ0n) is 11.1. The van der Waals surface area contributed by atoms with E-state index in [-0.39, 0.29) is 11.8 Å². The number of amides is 2. The number of benzene rings is 2. The first-order valence-electron chi connectivity index (χ1n) is 6.34. The number of urea groups is 1. The molecule has 0 heterocycles. The van der Waals surface area contributed by atoms with Crippen LogP contribution in [0.2, 0.25) is 5.02 Å². The van der Waals surface area contributed by atoms with Crippen molar-refractivity contribution in [1.82, 2.24) is 10.6 Å². The summed E-state index contributed by atoms with van der Waals surface area (Å²) >= 11 is 5.78. The molecule has 0 aromatic heterocycles. The van der Waals surface area contributed by atoms with Gasteiger partial charge < -0.3 is 10.6 Å². The number of hydrogen-bond donors (Lipinski definition) is 2. The zero-order valence-corrected chi connectivity index (χ0v) is 11.9. The Morgan fingerprint density at radius 1 is 1.10 bits per heavy atom. The monoisotopic (exact) mass is 304 g/mol. The molecule has 0 unspecified atom stereocenters. The molecule has 2 rings (SSSR count). The topological polar surface area (TPSA) is 41.1 Å². The molecule has 0 saturated heterocycles. The maximum Gasteiger partial charge on any atom is 0.319 e. The highest BCUT2D eigenvalue weighted by Gasteiger charge is 1.98. The summed E-state index contributed by atoms with van der Waals surface area (Å²) in [6.07, 6.45) is 3.19. The largest absolute Gasteiger partial charge is 0.334 e. The van der Waals surface area contributed by atoms with Gasteiger partial charge in [-0.05, 0) is 41.5 Å². The fourth-order valence-corrected chi connectivity index (χ4v) is 1.75. The number of hydrogen-bond acceptors (Lipinski definition) is 1. The maximum atomic E-state index is 12.7. The molecular formula is C16H14ClFN2O.